The number of aliphatic hydroxyl groups excluding tert-OH is 1. The molecule has 204 valence electrons. The minimum atomic E-state index is -0.809. The molecule has 0 amide bonds. The van der Waals surface area contributed by atoms with Gasteiger partial charge in [0.2, 0.25) is 0 Å². The average molecular weight is 523 g/mol. The summed E-state index contributed by atoms with van der Waals surface area (Å²) in [6.07, 6.45) is 2.85. The molecule has 0 saturated heterocycles. The highest BCUT2D eigenvalue weighted by atomic mass is 16.5. The molecule has 2 aromatic carbocycles. The summed E-state index contributed by atoms with van der Waals surface area (Å²) in [6.45, 7) is 10.0. The Bertz CT molecular complexity index is 1240. The van der Waals surface area contributed by atoms with E-state index in [-0.39, 0.29) is 13.2 Å². The normalized spacial score (nSPS) is 12.8. The minimum absolute atomic E-state index is 0.121. The number of aromatic nitrogens is 2. The topological polar surface area (TPSA) is 120 Å². The first-order chi connectivity index (χ1) is 18.0. The number of nitrogens with zero attached hydrogens (tertiary/aromatic N) is 5. The van der Waals surface area contributed by atoms with Crippen molar-refractivity contribution < 1.29 is 19.3 Å². The Hall–Kier alpha value is -3.73. The van der Waals surface area contributed by atoms with Gasteiger partial charge in [0.25, 0.3) is 0 Å². The van der Waals surface area contributed by atoms with Crippen LogP contribution in [0.5, 0.6) is 11.5 Å². The quantitative estimate of drug-likeness (QED) is 0.323. The number of benzene rings is 2. The number of aliphatic hydroxyl groups is 1. The zero-order valence-electron chi connectivity index (χ0n) is 23.0. The average Bonchev–Trinajstić information content (AvgIpc) is 3.32. The molecule has 3 rings (SSSR count). The first kappa shape index (κ1) is 28.8. The van der Waals surface area contributed by atoms with Crippen molar-refractivity contribution in [1.29, 1.82) is 0 Å². The third kappa shape index (κ3) is 7.88. The van der Waals surface area contributed by atoms with Gasteiger partial charge in [-0.25, -0.2) is 0 Å². The summed E-state index contributed by atoms with van der Waals surface area (Å²) in [5, 5.41) is 15.2. The van der Waals surface area contributed by atoms with Gasteiger partial charge in [-0.3, -0.25) is 14.7 Å². The number of anilines is 2. The molecule has 0 aliphatic heterocycles. The maximum Gasteiger partial charge on any atom is 0.124 e. The van der Waals surface area contributed by atoms with Gasteiger partial charge in [-0.1, -0.05) is 0 Å². The zero-order valence-corrected chi connectivity index (χ0v) is 23.0. The summed E-state index contributed by atoms with van der Waals surface area (Å²) < 4.78 is 18.4. The van der Waals surface area contributed by atoms with E-state index in [0.717, 1.165) is 22.6 Å². The Kier molecular flexibility index (Phi) is 9.62. The van der Waals surface area contributed by atoms with Crippen LogP contribution in [0.2, 0.25) is 0 Å². The summed E-state index contributed by atoms with van der Waals surface area (Å²) in [7, 11) is 5.05. The van der Waals surface area contributed by atoms with Crippen molar-refractivity contribution in [3.05, 3.63) is 54.4 Å². The van der Waals surface area contributed by atoms with Crippen molar-refractivity contribution in [2.75, 3.05) is 38.9 Å². The van der Waals surface area contributed by atoms with Crippen LogP contribution in [-0.4, -0.2) is 72.9 Å². The van der Waals surface area contributed by atoms with Crippen molar-refractivity contribution in [1.82, 2.24) is 9.78 Å². The molecule has 0 bridgehead atoms. The molecule has 0 radical (unpaired) electrons. The van der Waals surface area contributed by atoms with Crippen LogP contribution in [0.3, 0.4) is 0 Å². The van der Waals surface area contributed by atoms with Crippen LogP contribution in [0, 0.1) is 0 Å². The van der Waals surface area contributed by atoms with Crippen molar-refractivity contribution in [2.24, 2.45) is 22.8 Å². The smallest absolute Gasteiger partial charge is 0.124 e. The maximum absolute atomic E-state index is 10.9. The summed E-state index contributed by atoms with van der Waals surface area (Å²) in [5.74, 6) is 1.24. The number of hydrogen-bond donors (Lipinski definition) is 2. The zero-order chi connectivity index (χ0) is 27.9. The summed E-state index contributed by atoms with van der Waals surface area (Å²) in [5.41, 5.74) is 10.0. The first-order valence-electron chi connectivity index (χ1n) is 12.2. The van der Waals surface area contributed by atoms with E-state index in [4.69, 9.17) is 24.9 Å². The molecule has 10 heteroatoms. The molecular weight excluding hydrogens is 484 g/mol. The van der Waals surface area contributed by atoms with Crippen LogP contribution in [0.4, 0.5) is 22.7 Å². The van der Waals surface area contributed by atoms with Gasteiger partial charge in [-0.15, -0.1) is 0 Å². The highest BCUT2D eigenvalue weighted by molar-refractivity contribution is 6.00. The van der Waals surface area contributed by atoms with Crippen molar-refractivity contribution in [3.63, 3.8) is 0 Å². The van der Waals surface area contributed by atoms with Crippen LogP contribution in [-0.2, 0) is 11.8 Å². The Morgan fingerprint density at radius 2 is 1.82 bits per heavy atom. The fraction of sp³-hybridized carbons (Fsp3) is 0.393. The van der Waals surface area contributed by atoms with Crippen molar-refractivity contribution in [2.45, 2.75) is 32.4 Å². The number of aryl methyl sites for hydroxylation is 1. The SMILES string of the molecule is C=Nc1ccc(N(CC(O)COCC(C)(C)N)c2cc(OC)cc(OC)c2)cc1N=C(C)c1cnn(C)c1. The number of nitrogens with two attached hydrogens (primary N) is 1. The van der Waals surface area contributed by atoms with E-state index in [0.29, 0.717) is 29.5 Å². The van der Waals surface area contributed by atoms with Crippen LogP contribution in [0.15, 0.2) is 58.8 Å². The van der Waals surface area contributed by atoms with Gasteiger partial charge in [0, 0.05) is 59.6 Å². The van der Waals surface area contributed by atoms with E-state index in [1.54, 1.807) is 31.2 Å². The van der Waals surface area contributed by atoms with Gasteiger partial charge in [-0.2, -0.15) is 5.10 Å². The van der Waals surface area contributed by atoms with Crippen molar-refractivity contribution >= 4 is 35.2 Å². The maximum atomic E-state index is 10.9. The Morgan fingerprint density at radius 3 is 2.37 bits per heavy atom. The summed E-state index contributed by atoms with van der Waals surface area (Å²) in [6, 6.07) is 11.2. The third-order valence-corrected chi connectivity index (χ3v) is 5.68. The van der Waals surface area contributed by atoms with E-state index in [1.165, 1.54) is 0 Å². The van der Waals surface area contributed by atoms with Crippen molar-refractivity contribution in [3.8, 4) is 11.5 Å². The number of rotatable bonds is 13. The molecule has 0 saturated carbocycles. The Balaban J connectivity index is 2.03. The van der Waals surface area contributed by atoms with E-state index in [9.17, 15) is 5.11 Å². The van der Waals surface area contributed by atoms with Crippen LogP contribution >= 0.6 is 0 Å². The minimum Gasteiger partial charge on any atom is -0.497 e. The lowest BCUT2D eigenvalue weighted by atomic mass is 10.1. The predicted octanol–water partition coefficient (Wildman–Crippen LogP) is 4.16. The van der Waals surface area contributed by atoms with Gasteiger partial charge in [0.1, 0.15) is 11.5 Å². The van der Waals surface area contributed by atoms with Gasteiger partial charge in [0.05, 0.1) is 57.7 Å². The molecular formula is C28H38N6O4. The Morgan fingerprint density at radius 1 is 1.13 bits per heavy atom. The van der Waals surface area contributed by atoms with Crippen LogP contribution in [0.25, 0.3) is 0 Å². The molecule has 3 N–H and O–H groups in total. The second-order valence-electron chi connectivity index (χ2n) is 9.77. The lowest BCUT2D eigenvalue weighted by molar-refractivity contribution is 0.0243. The number of aliphatic imine (C=N–C) groups is 2. The molecule has 0 aliphatic rings. The highest BCUT2D eigenvalue weighted by Gasteiger charge is 2.20. The largest absolute Gasteiger partial charge is 0.497 e. The molecule has 0 aliphatic carbocycles. The molecule has 1 unspecified atom stereocenters. The molecule has 3 aromatic rings. The van der Waals surface area contributed by atoms with Crippen LogP contribution in [0.1, 0.15) is 26.3 Å². The highest BCUT2D eigenvalue weighted by Crippen LogP contribution is 2.38. The summed E-state index contributed by atoms with van der Waals surface area (Å²) in [4.78, 5) is 10.9. The van der Waals surface area contributed by atoms with Gasteiger partial charge >= 0.3 is 0 Å². The molecule has 0 spiro atoms. The van der Waals surface area contributed by atoms with Crippen LogP contribution < -0.4 is 20.1 Å². The van der Waals surface area contributed by atoms with E-state index < -0.39 is 11.6 Å². The Labute approximate surface area is 224 Å². The van der Waals surface area contributed by atoms with Gasteiger partial charge in [0.15, 0.2) is 0 Å². The molecule has 1 heterocycles. The molecule has 1 aromatic heterocycles. The third-order valence-electron chi connectivity index (χ3n) is 5.68. The fourth-order valence-electron chi connectivity index (χ4n) is 3.79. The molecule has 1 atom stereocenters. The summed E-state index contributed by atoms with van der Waals surface area (Å²) >= 11 is 0. The lowest BCUT2D eigenvalue weighted by Gasteiger charge is -2.29. The molecule has 10 nitrogen and oxygen atoms in total. The molecule has 0 fully saturated rings. The monoisotopic (exact) mass is 522 g/mol. The van der Waals surface area contributed by atoms with E-state index in [2.05, 4.69) is 16.8 Å². The predicted molar refractivity (Wildman–Crippen MR) is 152 cm³/mol. The molecule has 38 heavy (non-hydrogen) atoms. The van der Waals surface area contributed by atoms with Gasteiger partial charge in [-0.05, 0) is 45.7 Å². The second kappa shape index (κ2) is 12.7. The standard InChI is InChI=1S/C28H38N6O4/c1-19(20-14-31-33(5)15-20)32-27-12-21(8-9-26(27)30-4)34(16-23(35)17-38-18-28(2,3)29)22-10-24(36-6)13-25(11-22)37-7/h8-15,23,35H,4,16-18,29H2,1-3,5-7H3. The number of hydrogen-bond acceptors (Lipinski definition) is 9. The van der Waals surface area contributed by atoms with E-state index in [1.807, 2.05) is 69.2 Å². The van der Waals surface area contributed by atoms with E-state index >= 15 is 0 Å². The lowest BCUT2D eigenvalue weighted by Crippen LogP contribution is -2.39. The second-order valence-corrected chi connectivity index (χ2v) is 9.77. The fourth-order valence-corrected chi connectivity index (χ4v) is 3.79. The number of ether oxygens (including phenoxy) is 3. The number of methoxy groups -OCH3 is 2. The first-order valence-corrected chi connectivity index (χ1v) is 12.2. The van der Waals surface area contributed by atoms with Gasteiger partial charge < -0.3 is 30.0 Å².